The number of pyridine rings is 1. The average molecular weight is 253 g/mol. The number of carboxylic acid groups (broad SMARTS) is 1. The maximum Gasteiger partial charge on any atom is 0.322 e. The molecule has 2 N–H and O–H groups in total. The molecule has 0 bridgehead atoms. The standard InChI is InChI=1S/C14H11N3O2/c15-8-11-6-7-12(10-4-2-1-3-5-10)17-14(11)16-9-13(18)19/h1-7H,9H2,(H,16,17)(H,18,19). The molecule has 5 heteroatoms. The van der Waals surface area contributed by atoms with Crippen LogP contribution < -0.4 is 5.32 Å². The third kappa shape index (κ3) is 3.07. The summed E-state index contributed by atoms with van der Waals surface area (Å²) in [6.45, 7) is -0.278. The Hall–Kier alpha value is -2.87. The summed E-state index contributed by atoms with van der Waals surface area (Å²) in [4.78, 5) is 14.8. The molecule has 0 radical (unpaired) electrons. The minimum atomic E-state index is -1.00. The Morgan fingerprint density at radius 1 is 1.26 bits per heavy atom. The maximum absolute atomic E-state index is 10.6. The van der Waals surface area contributed by atoms with Crippen molar-refractivity contribution in [3.63, 3.8) is 0 Å². The topological polar surface area (TPSA) is 86.0 Å². The van der Waals surface area contributed by atoms with Crippen molar-refractivity contribution in [3.8, 4) is 17.3 Å². The fourth-order valence-electron chi connectivity index (χ4n) is 1.61. The Morgan fingerprint density at radius 3 is 2.63 bits per heavy atom. The molecule has 94 valence electrons. The predicted molar refractivity (Wildman–Crippen MR) is 70.5 cm³/mol. The van der Waals surface area contributed by atoms with Gasteiger partial charge in [0.15, 0.2) is 0 Å². The highest BCUT2D eigenvalue weighted by atomic mass is 16.4. The number of nitrogens with zero attached hydrogens (tertiary/aromatic N) is 2. The molecule has 0 spiro atoms. The van der Waals surface area contributed by atoms with Crippen LogP contribution in [0.3, 0.4) is 0 Å². The van der Waals surface area contributed by atoms with E-state index in [9.17, 15) is 4.79 Å². The lowest BCUT2D eigenvalue weighted by molar-refractivity contribution is -0.134. The van der Waals surface area contributed by atoms with E-state index in [1.807, 2.05) is 36.4 Å². The van der Waals surface area contributed by atoms with Crippen LogP contribution in [0.5, 0.6) is 0 Å². The second kappa shape index (κ2) is 5.65. The van der Waals surface area contributed by atoms with Crippen LogP contribution in [0.25, 0.3) is 11.3 Å². The van der Waals surface area contributed by atoms with Crippen molar-refractivity contribution in [2.45, 2.75) is 0 Å². The summed E-state index contributed by atoms with van der Waals surface area (Å²) in [5, 5.41) is 20.3. The largest absolute Gasteiger partial charge is 0.480 e. The Balaban J connectivity index is 2.36. The van der Waals surface area contributed by atoms with E-state index in [1.54, 1.807) is 12.1 Å². The van der Waals surface area contributed by atoms with Crippen molar-refractivity contribution in [1.29, 1.82) is 5.26 Å². The van der Waals surface area contributed by atoms with Crippen molar-refractivity contribution < 1.29 is 9.90 Å². The molecule has 0 atom stereocenters. The number of carbonyl (C=O) groups is 1. The van der Waals surface area contributed by atoms with E-state index in [1.165, 1.54) is 0 Å². The van der Waals surface area contributed by atoms with Crippen molar-refractivity contribution in [3.05, 3.63) is 48.0 Å². The molecule has 0 aliphatic carbocycles. The molecule has 5 nitrogen and oxygen atoms in total. The number of nitrogens with one attached hydrogen (secondary N) is 1. The number of rotatable bonds is 4. The minimum absolute atomic E-state index is 0.278. The smallest absolute Gasteiger partial charge is 0.322 e. The van der Waals surface area contributed by atoms with Gasteiger partial charge in [-0.25, -0.2) is 4.98 Å². The van der Waals surface area contributed by atoms with Crippen LogP contribution in [0.15, 0.2) is 42.5 Å². The van der Waals surface area contributed by atoms with Crippen molar-refractivity contribution in [2.24, 2.45) is 0 Å². The molecule has 0 unspecified atom stereocenters. The molecule has 0 aliphatic rings. The maximum atomic E-state index is 10.6. The second-order valence-electron chi connectivity index (χ2n) is 3.82. The fourth-order valence-corrected chi connectivity index (χ4v) is 1.61. The molecular weight excluding hydrogens is 242 g/mol. The summed E-state index contributed by atoms with van der Waals surface area (Å²) in [5.41, 5.74) is 1.92. The summed E-state index contributed by atoms with van der Waals surface area (Å²) >= 11 is 0. The first-order chi connectivity index (χ1) is 9.20. The number of anilines is 1. The predicted octanol–water partition coefficient (Wildman–Crippen LogP) is 2.12. The lowest BCUT2D eigenvalue weighted by atomic mass is 10.1. The summed E-state index contributed by atoms with van der Waals surface area (Å²) in [7, 11) is 0. The number of nitriles is 1. The van der Waals surface area contributed by atoms with Crippen LogP contribution in [0.4, 0.5) is 5.82 Å². The van der Waals surface area contributed by atoms with E-state index >= 15 is 0 Å². The van der Waals surface area contributed by atoms with Crippen LogP contribution >= 0.6 is 0 Å². The Bertz CT molecular complexity index is 633. The van der Waals surface area contributed by atoms with E-state index in [4.69, 9.17) is 10.4 Å². The first kappa shape index (κ1) is 12.6. The van der Waals surface area contributed by atoms with Gasteiger partial charge in [-0.05, 0) is 12.1 Å². The molecule has 1 aromatic carbocycles. The zero-order valence-electron chi connectivity index (χ0n) is 10.00. The quantitative estimate of drug-likeness (QED) is 0.871. The Kier molecular flexibility index (Phi) is 3.74. The van der Waals surface area contributed by atoms with Gasteiger partial charge in [0.2, 0.25) is 0 Å². The van der Waals surface area contributed by atoms with E-state index < -0.39 is 5.97 Å². The fraction of sp³-hybridized carbons (Fsp3) is 0.0714. The summed E-state index contributed by atoms with van der Waals surface area (Å²) in [6, 6.07) is 14.8. The first-order valence-corrected chi connectivity index (χ1v) is 5.63. The molecule has 2 aromatic rings. The third-order valence-electron chi connectivity index (χ3n) is 2.49. The summed E-state index contributed by atoms with van der Waals surface area (Å²) in [6.07, 6.45) is 0. The lowest BCUT2D eigenvalue weighted by Crippen LogP contribution is -2.14. The molecular formula is C14H11N3O2. The molecule has 2 rings (SSSR count). The number of benzene rings is 1. The SMILES string of the molecule is N#Cc1ccc(-c2ccccc2)nc1NCC(=O)O. The van der Waals surface area contributed by atoms with Gasteiger partial charge in [-0.15, -0.1) is 0 Å². The molecule has 19 heavy (non-hydrogen) atoms. The minimum Gasteiger partial charge on any atom is -0.480 e. The summed E-state index contributed by atoms with van der Waals surface area (Å²) < 4.78 is 0. The normalized spacial score (nSPS) is 9.63. The van der Waals surface area contributed by atoms with Gasteiger partial charge in [-0.1, -0.05) is 30.3 Å². The van der Waals surface area contributed by atoms with Crippen LogP contribution in [-0.2, 0) is 4.79 Å². The molecule has 0 aliphatic heterocycles. The Labute approximate surface area is 110 Å². The average Bonchev–Trinajstić information content (AvgIpc) is 2.45. The number of carboxylic acids is 1. The molecule has 0 fully saturated rings. The van der Waals surface area contributed by atoms with E-state index in [0.29, 0.717) is 11.3 Å². The second-order valence-corrected chi connectivity index (χ2v) is 3.82. The number of aliphatic carboxylic acids is 1. The third-order valence-corrected chi connectivity index (χ3v) is 2.49. The van der Waals surface area contributed by atoms with Crippen LogP contribution in [0, 0.1) is 11.3 Å². The molecule has 0 amide bonds. The van der Waals surface area contributed by atoms with Crippen molar-refractivity contribution >= 4 is 11.8 Å². The lowest BCUT2D eigenvalue weighted by Gasteiger charge is -2.07. The monoisotopic (exact) mass is 253 g/mol. The molecule has 1 aromatic heterocycles. The number of aromatic nitrogens is 1. The summed E-state index contributed by atoms with van der Waals surface area (Å²) in [5.74, 6) is -0.720. The zero-order chi connectivity index (χ0) is 13.7. The van der Waals surface area contributed by atoms with Crippen LogP contribution in [0.1, 0.15) is 5.56 Å². The number of hydrogen-bond acceptors (Lipinski definition) is 4. The van der Waals surface area contributed by atoms with Gasteiger partial charge < -0.3 is 10.4 Å². The van der Waals surface area contributed by atoms with E-state index in [2.05, 4.69) is 10.3 Å². The highest BCUT2D eigenvalue weighted by Crippen LogP contribution is 2.21. The van der Waals surface area contributed by atoms with Crippen LogP contribution in [-0.4, -0.2) is 22.6 Å². The van der Waals surface area contributed by atoms with Gasteiger partial charge >= 0.3 is 5.97 Å². The van der Waals surface area contributed by atoms with Gasteiger partial charge in [-0.3, -0.25) is 4.79 Å². The van der Waals surface area contributed by atoms with Gasteiger partial charge in [0, 0.05) is 5.56 Å². The molecule has 0 saturated heterocycles. The van der Waals surface area contributed by atoms with Crippen molar-refractivity contribution in [2.75, 3.05) is 11.9 Å². The highest BCUT2D eigenvalue weighted by molar-refractivity contribution is 5.74. The van der Waals surface area contributed by atoms with Gasteiger partial charge in [-0.2, -0.15) is 5.26 Å². The van der Waals surface area contributed by atoms with Gasteiger partial charge in [0.05, 0.1) is 11.3 Å². The van der Waals surface area contributed by atoms with Crippen LogP contribution in [0.2, 0.25) is 0 Å². The number of hydrogen-bond donors (Lipinski definition) is 2. The van der Waals surface area contributed by atoms with E-state index in [-0.39, 0.29) is 12.4 Å². The van der Waals surface area contributed by atoms with Gasteiger partial charge in [0.1, 0.15) is 18.4 Å². The van der Waals surface area contributed by atoms with E-state index in [0.717, 1.165) is 5.56 Å². The van der Waals surface area contributed by atoms with Gasteiger partial charge in [0.25, 0.3) is 0 Å². The first-order valence-electron chi connectivity index (χ1n) is 5.63. The molecule has 1 heterocycles. The van der Waals surface area contributed by atoms with Crippen molar-refractivity contribution in [1.82, 2.24) is 4.98 Å². The highest BCUT2D eigenvalue weighted by Gasteiger charge is 2.08. The Morgan fingerprint density at radius 2 is 2.00 bits per heavy atom. The molecule has 0 saturated carbocycles. The zero-order valence-corrected chi connectivity index (χ0v) is 10.00.